The lowest BCUT2D eigenvalue weighted by atomic mass is 9.86. The first kappa shape index (κ1) is 17.4. The zero-order valence-corrected chi connectivity index (χ0v) is 15.5. The molecule has 0 N–H and O–H groups in total. The maximum absolute atomic E-state index is 12.0. The van der Waals surface area contributed by atoms with Gasteiger partial charge in [0.2, 0.25) is 0 Å². The van der Waals surface area contributed by atoms with E-state index in [1.54, 1.807) is 19.1 Å². The van der Waals surface area contributed by atoms with Crippen LogP contribution in [-0.2, 0) is 10.2 Å². The largest absolute Gasteiger partial charge is 0.424 e. The van der Waals surface area contributed by atoms with Gasteiger partial charge in [-0.3, -0.25) is 4.79 Å². The highest BCUT2D eigenvalue weighted by Crippen LogP contribution is 2.36. The van der Waals surface area contributed by atoms with Gasteiger partial charge in [-0.1, -0.05) is 51.4 Å². The molecule has 0 aliphatic heterocycles. The average Bonchev–Trinajstić information content (AvgIpc) is 2.96. The Morgan fingerprint density at radius 1 is 1.16 bits per heavy atom. The molecule has 3 rings (SSSR count). The van der Waals surface area contributed by atoms with Gasteiger partial charge in [-0.05, 0) is 29.7 Å². The van der Waals surface area contributed by atoms with E-state index in [1.165, 1.54) is 4.80 Å². The van der Waals surface area contributed by atoms with Gasteiger partial charge < -0.3 is 4.74 Å². The molecule has 3 aromatic rings. The number of ether oxygens (including phenoxy) is 1. The summed E-state index contributed by atoms with van der Waals surface area (Å²) in [4.78, 5) is 13.5. The van der Waals surface area contributed by atoms with Gasteiger partial charge in [0.25, 0.3) is 0 Å². The van der Waals surface area contributed by atoms with Gasteiger partial charge in [0.1, 0.15) is 16.7 Å². The summed E-state index contributed by atoms with van der Waals surface area (Å²) in [6, 6.07) is 11.1. The number of carbonyl (C=O) groups is 1. The van der Waals surface area contributed by atoms with Gasteiger partial charge in [0.15, 0.2) is 5.75 Å². The first-order chi connectivity index (χ1) is 11.8. The van der Waals surface area contributed by atoms with Crippen LogP contribution in [0.25, 0.3) is 16.7 Å². The van der Waals surface area contributed by atoms with Gasteiger partial charge in [-0.15, -0.1) is 15.0 Å². The molecule has 0 bridgehead atoms. The summed E-state index contributed by atoms with van der Waals surface area (Å²) < 4.78 is 5.66. The standard InChI is InChI=1S/C19H20ClN3O2/c1-5-17(24)25-18-13(19(2,3)4)7-6-8-16(18)23-21-14-10-9-12(20)11-15(14)22-23/h6-11H,5H2,1-4H3. The first-order valence-electron chi connectivity index (χ1n) is 8.16. The highest BCUT2D eigenvalue weighted by Gasteiger charge is 2.24. The molecule has 1 aromatic heterocycles. The van der Waals surface area contributed by atoms with Crippen molar-refractivity contribution in [2.24, 2.45) is 0 Å². The van der Waals surface area contributed by atoms with Gasteiger partial charge in [-0.25, -0.2) is 0 Å². The van der Waals surface area contributed by atoms with Crippen LogP contribution >= 0.6 is 11.6 Å². The second-order valence-electron chi connectivity index (χ2n) is 6.85. The quantitative estimate of drug-likeness (QED) is 0.504. The minimum atomic E-state index is -0.294. The number of rotatable bonds is 3. The molecule has 1 heterocycles. The molecule has 130 valence electrons. The van der Waals surface area contributed by atoms with Crippen molar-refractivity contribution < 1.29 is 9.53 Å². The molecule has 0 aliphatic rings. The van der Waals surface area contributed by atoms with E-state index in [0.717, 1.165) is 11.1 Å². The molecule has 0 aliphatic carbocycles. The Morgan fingerprint density at radius 3 is 2.56 bits per heavy atom. The number of nitrogens with zero attached hydrogens (tertiary/aromatic N) is 3. The topological polar surface area (TPSA) is 57.0 Å². The molecule has 0 atom stereocenters. The lowest BCUT2D eigenvalue weighted by molar-refractivity contribution is -0.134. The maximum Gasteiger partial charge on any atom is 0.310 e. The molecule has 2 aromatic carbocycles. The summed E-state index contributed by atoms with van der Waals surface area (Å²) in [5.41, 5.74) is 2.75. The Balaban J connectivity index is 2.21. The van der Waals surface area contributed by atoms with Crippen LogP contribution in [0.15, 0.2) is 36.4 Å². The summed E-state index contributed by atoms with van der Waals surface area (Å²) in [6.07, 6.45) is 0.294. The molecule has 0 saturated carbocycles. The van der Waals surface area contributed by atoms with E-state index in [2.05, 4.69) is 31.0 Å². The molecule has 0 spiro atoms. The third-order valence-electron chi connectivity index (χ3n) is 3.86. The molecule has 0 amide bonds. The zero-order chi connectivity index (χ0) is 18.2. The minimum absolute atomic E-state index is 0.199. The molecular formula is C19H20ClN3O2. The molecular weight excluding hydrogens is 338 g/mol. The number of benzene rings is 2. The van der Waals surface area contributed by atoms with Gasteiger partial charge in [0.05, 0.1) is 0 Å². The van der Waals surface area contributed by atoms with E-state index in [9.17, 15) is 4.79 Å². The zero-order valence-electron chi connectivity index (χ0n) is 14.7. The summed E-state index contributed by atoms with van der Waals surface area (Å²) in [7, 11) is 0. The Bertz CT molecular complexity index is 941. The molecule has 0 unspecified atom stereocenters. The van der Waals surface area contributed by atoms with Gasteiger partial charge in [0, 0.05) is 17.0 Å². The number of fused-ring (bicyclic) bond motifs is 1. The number of para-hydroxylation sites is 1. The van der Waals surface area contributed by atoms with Crippen LogP contribution in [0.4, 0.5) is 0 Å². The van der Waals surface area contributed by atoms with E-state index in [4.69, 9.17) is 16.3 Å². The summed E-state index contributed by atoms with van der Waals surface area (Å²) in [6.45, 7) is 7.98. The predicted octanol–water partition coefficient (Wildman–Crippen LogP) is 4.69. The monoisotopic (exact) mass is 357 g/mol. The number of hydrogen-bond acceptors (Lipinski definition) is 4. The number of esters is 1. The van der Waals surface area contributed by atoms with Crippen molar-refractivity contribution in [3.63, 3.8) is 0 Å². The average molecular weight is 358 g/mol. The van der Waals surface area contributed by atoms with Gasteiger partial charge in [-0.2, -0.15) is 0 Å². The lowest BCUT2D eigenvalue weighted by Gasteiger charge is -2.23. The molecule has 0 fully saturated rings. The summed E-state index contributed by atoms with van der Waals surface area (Å²) >= 11 is 6.03. The van der Waals surface area contributed by atoms with Crippen molar-refractivity contribution in [3.05, 3.63) is 47.0 Å². The van der Waals surface area contributed by atoms with Crippen molar-refractivity contribution in [2.75, 3.05) is 0 Å². The summed E-state index contributed by atoms with van der Waals surface area (Å²) in [5, 5.41) is 9.58. The fourth-order valence-electron chi connectivity index (χ4n) is 2.56. The van der Waals surface area contributed by atoms with Gasteiger partial charge >= 0.3 is 5.97 Å². The van der Waals surface area contributed by atoms with Crippen LogP contribution in [-0.4, -0.2) is 21.0 Å². The van der Waals surface area contributed by atoms with Crippen LogP contribution in [0.3, 0.4) is 0 Å². The normalized spacial score (nSPS) is 11.7. The molecule has 0 saturated heterocycles. The van der Waals surface area contributed by atoms with Crippen LogP contribution < -0.4 is 4.74 Å². The van der Waals surface area contributed by atoms with E-state index in [-0.39, 0.29) is 11.4 Å². The minimum Gasteiger partial charge on any atom is -0.424 e. The Labute approximate surface area is 151 Å². The highest BCUT2D eigenvalue weighted by atomic mass is 35.5. The third kappa shape index (κ3) is 3.51. The van der Waals surface area contributed by atoms with Crippen molar-refractivity contribution >= 4 is 28.6 Å². The van der Waals surface area contributed by atoms with Crippen molar-refractivity contribution in [3.8, 4) is 11.4 Å². The lowest BCUT2D eigenvalue weighted by Crippen LogP contribution is -2.18. The van der Waals surface area contributed by atoms with Crippen molar-refractivity contribution in [2.45, 2.75) is 39.5 Å². The number of carbonyl (C=O) groups excluding carboxylic acids is 1. The Hall–Kier alpha value is -2.40. The third-order valence-corrected chi connectivity index (χ3v) is 4.10. The summed E-state index contributed by atoms with van der Waals surface area (Å²) in [5.74, 6) is 0.200. The van der Waals surface area contributed by atoms with Crippen molar-refractivity contribution in [1.29, 1.82) is 0 Å². The van der Waals surface area contributed by atoms with Crippen molar-refractivity contribution in [1.82, 2.24) is 15.0 Å². The second-order valence-corrected chi connectivity index (χ2v) is 7.29. The van der Waals surface area contributed by atoms with Crippen LogP contribution in [0.5, 0.6) is 5.75 Å². The van der Waals surface area contributed by atoms with E-state index >= 15 is 0 Å². The predicted molar refractivity (Wildman–Crippen MR) is 98.5 cm³/mol. The van der Waals surface area contributed by atoms with E-state index in [0.29, 0.717) is 28.4 Å². The van der Waals surface area contributed by atoms with Crippen LogP contribution in [0, 0.1) is 0 Å². The molecule has 0 radical (unpaired) electrons. The molecule has 25 heavy (non-hydrogen) atoms. The molecule has 5 nitrogen and oxygen atoms in total. The Kier molecular flexibility index (Phi) is 4.52. The Morgan fingerprint density at radius 2 is 1.88 bits per heavy atom. The highest BCUT2D eigenvalue weighted by molar-refractivity contribution is 6.31. The van der Waals surface area contributed by atoms with Crippen LogP contribution in [0.2, 0.25) is 5.02 Å². The van der Waals surface area contributed by atoms with E-state index in [1.807, 2.05) is 24.3 Å². The number of halogens is 1. The fraction of sp³-hybridized carbons (Fsp3) is 0.316. The number of aromatic nitrogens is 3. The van der Waals surface area contributed by atoms with E-state index < -0.39 is 0 Å². The second kappa shape index (κ2) is 6.48. The molecule has 6 heteroatoms. The SMILES string of the molecule is CCC(=O)Oc1c(-n2nc3ccc(Cl)cc3n2)cccc1C(C)(C)C. The van der Waals surface area contributed by atoms with Crippen LogP contribution in [0.1, 0.15) is 39.7 Å². The fourth-order valence-corrected chi connectivity index (χ4v) is 2.73. The smallest absolute Gasteiger partial charge is 0.310 e. The first-order valence-corrected chi connectivity index (χ1v) is 8.54. The number of hydrogen-bond donors (Lipinski definition) is 0. The maximum atomic E-state index is 12.0.